The Morgan fingerprint density at radius 3 is 2.44 bits per heavy atom. The summed E-state index contributed by atoms with van der Waals surface area (Å²) in [5.74, 6) is 0. The molecular weight excluding hydrogens is 446 g/mol. The maximum Gasteiger partial charge on any atom is 0.241 e. The van der Waals surface area contributed by atoms with Crippen LogP contribution in [0.25, 0.3) is 0 Å². The molecule has 0 aromatic rings. The van der Waals surface area contributed by atoms with Crippen molar-refractivity contribution in [1.29, 1.82) is 0 Å². The molecule has 2 aliphatic rings. The highest BCUT2D eigenvalue weighted by Gasteiger charge is 2.45. The average Bonchev–Trinajstić information content (AvgIpc) is 2.59. The van der Waals surface area contributed by atoms with Crippen LogP contribution in [0, 0.1) is 0 Å². The Morgan fingerprint density at radius 1 is 1.25 bits per heavy atom. The Kier molecular flexibility index (Phi) is 4.17. The van der Waals surface area contributed by atoms with Gasteiger partial charge in [-0.05, 0) is 60.6 Å². The van der Waals surface area contributed by atoms with Gasteiger partial charge in [0.15, 0.2) is 4.38 Å². The summed E-state index contributed by atoms with van der Waals surface area (Å²) in [6.07, 6.45) is 4.41. The van der Waals surface area contributed by atoms with Gasteiger partial charge in [-0.2, -0.15) is 0 Å². The molecule has 8 heteroatoms. The van der Waals surface area contributed by atoms with Gasteiger partial charge in [-0.25, -0.2) is 8.42 Å². The minimum absolute atomic E-state index is 0.193. The average molecular weight is 456 g/mol. The number of hydrogen-bond donors (Lipinski definition) is 0. The third kappa shape index (κ3) is 2.55. The predicted molar refractivity (Wildman–Crippen MR) is 79.5 cm³/mol. The van der Waals surface area contributed by atoms with Gasteiger partial charge in [-0.1, -0.05) is 24.6 Å². The van der Waals surface area contributed by atoms with Crippen molar-refractivity contribution in [2.24, 2.45) is 4.99 Å². The van der Waals surface area contributed by atoms with Gasteiger partial charge in [0.2, 0.25) is 11.3 Å². The number of alkyl halides is 3. The molecule has 0 spiro atoms. The number of nitrogens with zero attached hydrogens (tertiary/aromatic N) is 1. The van der Waals surface area contributed by atoms with Gasteiger partial charge >= 0.3 is 0 Å². The maximum atomic E-state index is 12.1. The second-order valence-electron chi connectivity index (χ2n) is 3.85. The van der Waals surface area contributed by atoms with Crippen molar-refractivity contribution in [1.82, 2.24) is 0 Å². The van der Waals surface area contributed by atoms with Crippen molar-refractivity contribution in [3.05, 3.63) is 0 Å². The van der Waals surface area contributed by atoms with Gasteiger partial charge in [0.1, 0.15) is 0 Å². The second-order valence-corrected chi connectivity index (χ2v) is 15.7. The molecule has 1 aliphatic carbocycles. The van der Waals surface area contributed by atoms with E-state index in [9.17, 15) is 8.42 Å². The highest BCUT2D eigenvalue weighted by atomic mass is 80.0. The second kappa shape index (κ2) is 4.83. The molecule has 0 aromatic heterocycles. The quantitative estimate of drug-likeness (QED) is 0.524. The summed E-state index contributed by atoms with van der Waals surface area (Å²) in [6.45, 7) is 0. The first kappa shape index (κ1) is 13.8. The van der Waals surface area contributed by atoms with Crippen LogP contribution in [0.2, 0.25) is 0 Å². The van der Waals surface area contributed by atoms with Gasteiger partial charge in [0.05, 0.1) is 6.04 Å². The molecule has 0 N–H and O–H groups in total. The fourth-order valence-corrected chi connectivity index (χ4v) is 7.05. The molecule has 0 amide bonds. The summed E-state index contributed by atoms with van der Waals surface area (Å²) in [6, 6.07) is 0.193. The normalized spacial score (nSPS) is 31.1. The Labute approximate surface area is 125 Å². The van der Waals surface area contributed by atoms with Gasteiger partial charge in [0.25, 0.3) is 0 Å². The number of aliphatic imine (C=N–C) groups is 1. The third-order valence-electron chi connectivity index (χ3n) is 2.73. The first-order valence-electron chi connectivity index (χ1n) is 4.88. The number of halogens is 3. The van der Waals surface area contributed by atoms with Crippen LogP contribution in [0.1, 0.15) is 25.7 Å². The smallest absolute Gasteiger partial charge is 0.241 e. The highest BCUT2D eigenvalue weighted by Crippen LogP contribution is 2.46. The summed E-state index contributed by atoms with van der Waals surface area (Å²) in [7, 11) is -3.47. The molecule has 2 atom stereocenters. The van der Waals surface area contributed by atoms with Gasteiger partial charge in [-0.3, -0.25) is 4.99 Å². The Morgan fingerprint density at radius 2 is 1.88 bits per heavy atom. The molecule has 92 valence electrons. The van der Waals surface area contributed by atoms with E-state index in [0.717, 1.165) is 19.3 Å². The molecule has 1 saturated carbocycles. The van der Waals surface area contributed by atoms with Crippen LogP contribution in [0.3, 0.4) is 0 Å². The van der Waals surface area contributed by atoms with Crippen molar-refractivity contribution in [3.8, 4) is 0 Å². The van der Waals surface area contributed by atoms with Crippen molar-refractivity contribution in [3.63, 3.8) is 0 Å². The maximum absolute atomic E-state index is 12.1. The summed E-state index contributed by atoms with van der Waals surface area (Å²) < 4.78 is 23.2. The molecule has 0 aromatic carbocycles. The van der Waals surface area contributed by atoms with E-state index in [-0.39, 0.29) is 10.4 Å². The minimum Gasteiger partial charge on any atom is -0.263 e. The summed E-state index contributed by atoms with van der Waals surface area (Å²) >= 11 is 10.6. The van der Waals surface area contributed by atoms with Crippen molar-refractivity contribution in [2.75, 3.05) is 0 Å². The van der Waals surface area contributed by atoms with Crippen molar-refractivity contribution < 1.29 is 8.42 Å². The molecule has 2 rings (SSSR count). The van der Waals surface area contributed by atoms with Crippen LogP contribution >= 0.6 is 59.6 Å². The highest BCUT2D eigenvalue weighted by molar-refractivity contribution is 9.42. The fraction of sp³-hybridized carbons (Fsp3) is 0.875. The molecule has 16 heavy (non-hydrogen) atoms. The zero-order chi connectivity index (χ0) is 12.0. The van der Waals surface area contributed by atoms with Gasteiger partial charge in [-0.15, -0.1) is 0 Å². The zero-order valence-electron chi connectivity index (χ0n) is 8.20. The van der Waals surface area contributed by atoms with Crippen LogP contribution in [0.5, 0.6) is 0 Å². The summed E-state index contributed by atoms with van der Waals surface area (Å²) in [5.41, 5.74) is 0. The Balaban J connectivity index is 2.25. The molecule has 0 saturated heterocycles. The Hall–Kier alpha value is 1.41. The number of rotatable bonds is 0. The fourth-order valence-electron chi connectivity index (χ4n) is 1.89. The molecule has 0 bridgehead atoms. The lowest BCUT2D eigenvalue weighted by Gasteiger charge is -2.21. The van der Waals surface area contributed by atoms with E-state index in [1.807, 2.05) is 0 Å². The van der Waals surface area contributed by atoms with Crippen molar-refractivity contribution in [2.45, 2.75) is 38.4 Å². The number of sulfone groups is 1. The van der Waals surface area contributed by atoms with Crippen LogP contribution in [-0.4, -0.2) is 25.6 Å². The van der Waals surface area contributed by atoms with E-state index in [1.165, 1.54) is 18.2 Å². The third-order valence-corrected chi connectivity index (χ3v) is 9.84. The lowest BCUT2D eigenvalue weighted by Crippen LogP contribution is -2.24. The molecule has 1 heterocycles. The van der Waals surface area contributed by atoms with Gasteiger partial charge in [0, 0.05) is 5.25 Å². The molecule has 3 nitrogen and oxygen atoms in total. The van der Waals surface area contributed by atoms with E-state index < -0.39 is 11.3 Å². The van der Waals surface area contributed by atoms with E-state index in [2.05, 4.69) is 52.8 Å². The largest absolute Gasteiger partial charge is 0.263 e. The lowest BCUT2D eigenvalue weighted by atomic mass is 9.96. The molecular formula is C8H10Br3NO2S2. The monoisotopic (exact) mass is 453 g/mol. The molecule has 1 fully saturated rings. The van der Waals surface area contributed by atoms with Crippen LogP contribution in [0.4, 0.5) is 0 Å². The topological polar surface area (TPSA) is 46.5 Å². The van der Waals surface area contributed by atoms with Crippen molar-refractivity contribution >= 4 is 73.8 Å². The number of fused-ring (bicyclic) bond motifs is 1. The summed E-state index contributed by atoms with van der Waals surface area (Å²) in [4.78, 5) is 4.35. The van der Waals surface area contributed by atoms with E-state index >= 15 is 0 Å². The molecule has 1 aliphatic heterocycles. The first-order chi connectivity index (χ1) is 7.32. The molecule has 0 radical (unpaired) electrons. The predicted octanol–water partition coefficient (Wildman–Crippen LogP) is 3.61. The molecule has 2 unspecified atom stereocenters. The Bertz CT molecular complexity index is 415. The minimum atomic E-state index is -3.47. The number of hydrogen-bond acceptors (Lipinski definition) is 4. The van der Waals surface area contributed by atoms with E-state index in [1.54, 1.807) is 0 Å². The zero-order valence-corrected chi connectivity index (χ0v) is 14.6. The van der Waals surface area contributed by atoms with Gasteiger partial charge < -0.3 is 0 Å². The van der Waals surface area contributed by atoms with Crippen LogP contribution in [0.15, 0.2) is 4.99 Å². The lowest BCUT2D eigenvalue weighted by molar-refractivity contribution is 0.462. The standard InChI is InChI=1S/C8H10Br3NO2S2/c9-8(10,11)16(13,14)7-12-5-3-1-2-4-6(5)15-7/h5-6H,1-4H2. The van der Waals surface area contributed by atoms with Crippen LogP contribution < -0.4 is 0 Å². The van der Waals surface area contributed by atoms with E-state index in [0.29, 0.717) is 5.25 Å². The summed E-state index contributed by atoms with van der Waals surface area (Å²) in [5, 5.41) is 0.355. The van der Waals surface area contributed by atoms with Crippen LogP contribution in [-0.2, 0) is 9.84 Å². The number of thioether (sulfide) groups is 1. The van der Waals surface area contributed by atoms with E-state index in [4.69, 9.17) is 0 Å². The first-order valence-corrected chi connectivity index (χ1v) is 9.62. The SMILES string of the molecule is O=S(=O)(C1=NC2CCCCC2S1)C(Br)(Br)Br.